The van der Waals surface area contributed by atoms with Crippen LogP contribution in [-0.4, -0.2) is 36.9 Å². The Morgan fingerprint density at radius 1 is 1.10 bits per heavy atom. The molecule has 0 radical (unpaired) electrons. The highest BCUT2D eigenvalue weighted by Crippen LogP contribution is 2.23. The maximum atomic E-state index is 12.6. The molecule has 1 fully saturated rings. The lowest BCUT2D eigenvalue weighted by Gasteiger charge is -2.15. The molecule has 1 amide bonds. The minimum Gasteiger partial charge on any atom is -0.356 e. The molecular formula is C22H25N3O4S. The van der Waals surface area contributed by atoms with Crippen molar-refractivity contribution >= 4 is 26.9 Å². The Morgan fingerprint density at radius 2 is 1.77 bits per heavy atom. The van der Waals surface area contributed by atoms with Crippen molar-refractivity contribution in [3.05, 3.63) is 58.8 Å². The van der Waals surface area contributed by atoms with Crippen molar-refractivity contribution in [1.82, 2.24) is 14.8 Å². The second-order valence-electron chi connectivity index (χ2n) is 7.77. The van der Waals surface area contributed by atoms with Gasteiger partial charge in [0, 0.05) is 25.0 Å². The number of aryl methyl sites for hydroxylation is 2. The van der Waals surface area contributed by atoms with Crippen molar-refractivity contribution in [2.75, 3.05) is 13.1 Å². The van der Waals surface area contributed by atoms with Crippen LogP contribution in [0.3, 0.4) is 0 Å². The van der Waals surface area contributed by atoms with Crippen LogP contribution in [0.15, 0.2) is 45.8 Å². The van der Waals surface area contributed by atoms with Gasteiger partial charge in [0.05, 0.1) is 11.3 Å². The molecule has 0 bridgehead atoms. The first-order chi connectivity index (χ1) is 14.3. The van der Waals surface area contributed by atoms with E-state index in [0.717, 1.165) is 34.9 Å². The zero-order valence-electron chi connectivity index (χ0n) is 17.1. The molecule has 30 heavy (non-hydrogen) atoms. The van der Waals surface area contributed by atoms with Gasteiger partial charge >= 0.3 is 0 Å². The Labute approximate surface area is 176 Å². The number of amides is 1. The van der Waals surface area contributed by atoms with E-state index in [-0.39, 0.29) is 12.3 Å². The monoisotopic (exact) mass is 427 g/mol. The number of fused-ring (bicyclic) bond motifs is 1. The molecule has 8 heteroatoms. The van der Waals surface area contributed by atoms with Crippen LogP contribution in [-0.2, 0) is 27.8 Å². The third-order valence-corrected chi connectivity index (χ3v) is 7.52. The Kier molecular flexibility index (Phi) is 5.62. The number of nitrogens with one attached hydrogen (secondary N) is 1. The SMILES string of the molecule is Cc1cc2onc(CC(=O)NCc3ccc(S(=O)(=O)N4CCCC4)cc3)c2cc1C. The summed E-state index contributed by atoms with van der Waals surface area (Å²) in [6.45, 7) is 5.49. The van der Waals surface area contributed by atoms with Crippen molar-refractivity contribution in [1.29, 1.82) is 0 Å². The molecule has 158 valence electrons. The number of rotatable bonds is 6. The summed E-state index contributed by atoms with van der Waals surface area (Å²) < 4.78 is 32.0. The normalized spacial score (nSPS) is 15.0. The largest absolute Gasteiger partial charge is 0.356 e. The van der Waals surface area contributed by atoms with Crippen LogP contribution < -0.4 is 5.32 Å². The molecule has 0 atom stereocenters. The average Bonchev–Trinajstić information content (AvgIpc) is 3.39. The summed E-state index contributed by atoms with van der Waals surface area (Å²) in [5.74, 6) is -0.169. The first-order valence-corrected chi connectivity index (χ1v) is 11.5. The van der Waals surface area contributed by atoms with Gasteiger partial charge in [-0.15, -0.1) is 0 Å². The van der Waals surface area contributed by atoms with Gasteiger partial charge in [-0.2, -0.15) is 4.31 Å². The number of benzene rings is 2. The Bertz CT molecular complexity index is 1180. The van der Waals surface area contributed by atoms with Gasteiger partial charge < -0.3 is 9.84 Å². The molecule has 0 saturated carbocycles. The Morgan fingerprint density at radius 3 is 2.47 bits per heavy atom. The number of sulfonamides is 1. The zero-order chi connectivity index (χ0) is 21.3. The molecule has 1 saturated heterocycles. The Hall–Kier alpha value is -2.71. The van der Waals surface area contributed by atoms with Gasteiger partial charge in [-0.25, -0.2) is 8.42 Å². The van der Waals surface area contributed by atoms with E-state index in [9.17, 15) is 13.2 Å². The predicted molar refractivity (Wildman–Crippen MR) is 113 cm³/mol. The second-order valence-corrected chi connectivity index (χ2v) is 9.71. The van der Waals surface area contributed by atoms with Crippen LogP contribution in [0.1, 0.15) is 35.2 Å². The average molecular weight is 428 g/mol. The van der Waals surface area contributed by atoms with Gasteiger partial charge in [-0.05, 0) is 67.6 Å². The fraction of sp³-hybridized carbons (Fsp3) is 0.364. The number of carbonyl (C=O) groups is 1. The standard InChI is InChI=1S/C22H25N3O4S/c1-15-11-19-20(24-29-21(19)12-16(15)2)13-22(26)23-14-17-5-7-18(8-6-17)30(27,28)25-9-3-4-10-25/h5-8,11-12H,3-4,9-10,13-14H2,1-2H3,(H,23,26). The van der Waals surface area contributed by atoms with E-state index in [1.165, 1.54) is 4.31 Å². The maximum absolute atomic E-state index is 12.6. The van der Waals surface area contributed by atoms with E-state index in [0.29, 0.717) is 35.8 Å². The molecule has 1 aliphatic rings. The smallest absolute Gasteiger partial charge is 0.243 e. The van der Waals surface area contributed by atoms with E-state index >= 15 is 0 Å². The molecular weight excluding hydrogens is 402 g/mol. The predicted octanol–water partition coefficient (Wildman–Crippen LogP) is 3.09. The summed E-state index contributed by atoms with van der Waals surface area (Å²) in [4.78, 5) is 12.7. The summed E-state index contributed by atoms with van der Waals surface area (Å²) in [5.41, 5.74) is 4.36. The number of aromatic nitrogens is 1. The van der Waals surface area contributed by atoms with Gasteiger partial charge in [0.1, 0.15) is 5.69 Å². The Balaban J connectivity index is 1.38. The summed E-state index contributed by atoms with van der Waals surface area (Å²) in [7, 11) is -3.42. The van der Waals surface area contributed by atoms with Crippen LogP contribution in [0.2, 0.25) is 0 Å². The van der Waals surface area contributed by atoms with E-state index in [1.54, 1.807) is 24.3 Å². The van der Waals surface area contributed by atoms with E-state index in [4.69, 9.17) is 4.52 Å². The fourth-order valence-electron chi connectivity index (χ4n) is 3.64. The summed E-state index contributed by atoms with van der Waals surface area (Å²) >= 11 is 0. The first-order valence-electron chi connectivity index (χ1n) is 10.1. The molecule has 0 unspecified atom stereocenters. The molecule has 0 spiro atoms. The number of nitrogens with zero attached hydrogens (tertiary/aromatic N) is 2. The second kappa shape index (κ2) is 8.20. The third kappa shape index (κ3) is 4.11. The van der Waals surface area contributed by atoms with Crippen LogP contribution in [0.4, 0.5) is 0 Å². The molecule has 2 heterocycles. The van der Waals surface area contributed by atoms with Crippen LogP contribution in [0.25, 0.3) is 11.0 Å². The first kappa shape index (κ1) is 20.6. The van der Waals surface area contributed by atoms with Crippen LogP contribution >= 0.6 is 0 Å². The molecule has 1 aliphatic heterocycles. The van der Waals surface area contributed by atoms with Crippen molar-refractivity contribution in [2.24, 2.45) is 0 Å². The van der Waals surface area contributed by atoms with Crippen molar-refractivity contribution in [3.8, 4) is 0 Å². The summed E-state index contributed by atoms with van der Waals surface area (Å²) in [6.07, 6.45) is 1.93. The molecule has 3 aromatic rings. The molecule has 2 aromatic carbocycles. The van der Waals surface area contributed by atoms with Gasteiger partial charge in [0.25, 0.3) is 0 Å². The molecule has 1 aromatic heterocycles. The topological polar surface area (TPSA) is 92.5 Å². The van der Waals surface area contributed by atoms with Crippen molar-refractivity contribution in [3.63, 3.8) is 0 Å². The highest BCUT2D eigenvalue weighted by Gasteiger charge is 2.26. The molecule has 7 nitrogen and oxygen atoms in total. The number of hydrogen-bond acceptors (Lipinski definition) is 5. The quantitative estimate of drug-likeness (QED) is 0.653. The highest BCUT2D eigenvalue weighted by molar-refractivity contribution is 7.89. The number of carbonyl (C=O) groups excluding carboxylic acids is 1. The minimum absolute atomic E-state index is 0.122. The number of hydrogen-bond donors (Lipinski definition) is 1. The lowest BCUT2D eigenvalue weighted by molar-refractivity contribution is -0.120. The lowest BCUT2D eigenvalue weighted by atomic mass is 10.1. The summed E-state index contributed by atoms with van der Waals surface area (Å²) in [6, 6.07) is 10.6. The zero-order valence-corrected chi connectivity index (χ0v) is 18.0. The lowest BCUT2D eigenvalue weighted by Crippen LogP contribution is -2.28. The summed E-state index contributed by atoms with van der Waals surface area (Å²) in [5, 5.41) is 7.75. The molecule has 4 rings (SSSR count). The van der Waals surface area contributed by atoms with Crippen LogP contribution in [0.5, 0.6) is 0 Å². The van der Waals surface area contributed by atoms with Crippen molar-refractivity contribution in [2.45, 2.75) is 44.6 Å². The molecule has 0 aliphatic carbocycles. The van der Waals surface area contributed by atoms with Crippen LogP contribution in [0, 0.1) is 13.8 Å². The van der Waals surface area contributed by atoms with E-state index in [1.807, 2.05) is 26.0 Å². The fourth-order valence-corrected chi connectivity index (χ4v) is 5.16. The minimum atomic E-state index is -3.42. The van der Waals surface area contributed by atoms with Gasteiger partial charge in [0.2, 0.25) is 15.9 Å². The van der Waals surface area contributed by atoms with Gasteiger partial charge in [0.15, 0.2) is 5.58 Å². The van der Waals surface area contributed by atoms with E-state index in [2.05, 4.69) is 10.5 Å². The van der Waals surface area contributed by atoms with Gasteiger partial charge in [-0.1, -0.05) is 17.3 Å². The maximum Gasteiger partial charge on any atom is 0.243 e. The molecule has 1 N–H and O–H groups in total. The highest BCUT2D eigenvalue weighted by atomic mass is 32.2. The van der Waals surface area contributed by atoms with E-state index < -0.39 is 10.0 Å². The third-order valence-electron chi connectivity index (χ3n) is 5.60. The van der Waals surface area contributed by atoms with Gasteiger partial charge in [-0.3, -0.25) is 4.79 Å². The van der Waals surface area contributed by atoms with Crippen molar-refractivity contribution < 1.29 is 17.7 Å².